The summed E-state index contributed by atoms with van der Waals surface area (Å²) >= 11 is 0. The third-order valence-corrected chi connectivity index (χ3v) is 6.01. The van der Waals surface area contributed by atoms with Crippen LogP contribution in [0.5, 0.6) is 11.5 Å². The molecule has 2 amide bonds. The van der Waals surface area contributed by atoms with Crippen LogP contribution < -0.4 is 14.8 Å². The van der Waals surface area contributed by atoms with Crippen molar-refractivity contribution < 1.29 is 32.2 Å². The van der Waals surface area contributed by atoms with Gasteiger partial charge in [-0.3, -0.25) is 9.59 Å². The van der Waals surface area contributed by atoms with Gasteiger partial charge in [-0.1, -0.05) is 38.1 Å². The van der Waals surface area contributed by atoms with Crippen LogP contribution in [0.4, 0.5) is 13.2 Å². The number of halogens is 3. The van der Waals surface area contributed by atoms with Gasteiger partial charge in [-0.05, 0) is 29.3 Å². The zero-order chi connectivity index (χ0) is 23.8. The van der Waals surface area contributed by atoms with Crippen molar-refractivity contribution in [2.24, 2.45) is 11.8 Å². The minimum Gasteiger partial charge on any atom is -0.454 e. The second-order valence-corrected chi connectivity index (χ2v) is 8.64. The molecule has 2 aliphatic rings. The minimum atomic E-state index is -4.49. The molecule has 2 aromatic rings. The molecule has 1 N–H and O–H groups in total. The quantitative estimate of drug-likeness (QED) is 0.731. The molecule has 0 bridgehead atoms. The third kappa shape index (κ3) is 4.91. The number of nitrogens with one attached hydrogen (secondary N) is 1. The minimum absolute atomic E-state index is 0.127. The summed E-state index contributed by atoms with van der Waals surface area (Å²) in [5, 5.41) is 2.87. The predicted octanol–water partition coefficient (Wildman–Crippen LogP) is 3.95. The van der Waals surface area contributed by atoms with Gasteiger partial charge >= 0.3 is 6.18 Å². The van der Waals surface area contributed by atoms with Gasteiger partial charge in [0.25, 0.3) is 0 Å². The maximum absolute atomic E-state index is 13.3. The Morgan fingerprint density at radius 2 is 1.85 bits per heavy atom. The molecule has 2 aromatic carbocycles. The van der Waals surface area contributed by atoms with Crippen molar-refractivity contribution in [2.45, 2.75) is 32.5 Å². The van der Waals surface area contributed by atoms with E-state index in [4.69, 9.17) is 9.47 Å². The van der Waals surface area contributed by atoms with Crippen LogP contribution >= 0.6 is 0 Å². The highest BCUT2D eigenvalue weighted by Gasteiger charge is 2.41. The Hall–Kier alpha value is -3.23. The molecule has 0 aromatic heterocycles. The Kier molecular flexibility index (Phi) is 6.23. The highest BCUT2D eigenvalue weighted by molar-refractivity contribution is 5.84. The fourth-order valence-electron chi connectivity index (χ4n) is 4.27. The zero-order valence-electron chi connectivity index (χ0n) is 18.3. The van der Waals surface area contributed by atoms with Gasteiger partial charge in [-0.15, -0.1) is 0 Å². The lowest BCUT2D eigenvalue weighted by Gasteiger charge is -2.19. The first kappa shape index (κ1) is 22.9. The van der Waals surface area contributed by atoms with Gasteiger partial charge in [0.05, 0.1) is 11.5 Å². The first-order valence-electron chi connectivity index (χ1n) is 10.8. The molecule has 33 heavy (non-hydrogen) atoms. The van der Waals surface area contributed by atoms with Crippen LogP contribution in [0.15, 0.2) is 42.5 Å². The number of ether oxygens (including phenoxy) is 2. The number of benzene rings is 2. The van der Waals surface area contributed by atoms with Crippen molar-refractivity contribution in [3.8, 4) is 11.5 Å². The fourth-order valence-corrected chi connectivity index (χ4v) is 4.27. The van der Waals surface area contributed by atoms with E-state index < -0.39 is 23.6 Å². The second-order valence-electron chi connectivity index (χ2n) is 8.64. The molecule has 9 heteroatoms. The van der Waals surface area contributed by atoms with Gasteiger partial charge in [-0.25, -0.2) is 0 Å². The average Bonchev–Trinajstić information content (AvgIpc) is 3.43. The van der Waals surface area contributed by atoms with Crippen LogP contribution in [0.1, 0.15) is 36.5 Å². The lowest BCUT2D eigenvalue weighted by Crippen LogP contribution is -2.36. The van der Waals surface area contributed by atoms with Crippen LogP contribution in [-0.4, -0.2) is 36.6 Å². The number of likely N-dealkylation sites (tertiary alicyclic amines) is 1. The maximum atomic E-state index is 13.3. The predicted molar refractivity (Wildman–Crippen MR) is 114 cm³/mol. The van der Waals surface area contributed by atoms with Gasteiger partial charge in [0.15, 0.2) is 11.5 Å². The lowest BCUT2D eigenvalue weighted by molar-refractivity contribution is -0.137. The average molecular weight is 462 g/mol. The molecule has 176 valence electrons. The number of fused-ring (bicyclic) bond motifs is 1. The van der Waals surface area contributed by atoms with E-state index in [-0.39, 0.29) is 44.2 Å². The number of hydrogen-bond acceptors (Lipinski definition) is 4. The molecule has 2 aliphatic heterocycles. The molecule has 0 unspecified atom stereocenters. The van der Waals surface area contributed by atoms with E-state index in [1.165, 1.54) is 6.07 Å². The fraction of sp³-hybridized carbons (Fsp3) is 0.417. The summed E-state index contributed by atoms with van der Waals surface area (Å²) in [4.78, 5) is 27.3. The van der Waals surface area contributed by atoms with Crippen molar-refractivity contribution >= 4 is 11.8 Å². The number of nitrogens with zero attached hydrogens (tertiary/aromatic N) is 1. The van der Waals surface area contributed by atoms with E-state index >= 15 is 0 Å². The molecule has 0 aliphatic carbocycles. The van der Waals surface area contributed by atoms with Gasteiger partial charge in [0, 0.05) is 31.5 Å². The van der Waals surface area contributed by atoms with Gasteiger partial charge < -0.3 is 19.7 Å². The Balaban J connectivity index is 1.54. The highest BCUT2D eigenvalue weighted by atomic mass is 19.4. The summed E-state index contributed by atoms with van der Waals surface area (Å²) in [6.07, 6.45) is -4.49. The zero-order valence-corrected chi connectivity index (χ0v) is 18.3. The monoisotopic (exact) mass is 462 g/mol. The standard InChI is InChI=1S/C24H25F3N2O4/c1-14(2)23(31)29-11-18(16-4-3-5-17(9-16)24(25,26)27)19(12-29)22(30)28-10-15-6-7-20-21(8-15)33-13-32-20/h3-9,14,18-19H,10-13H2,1-2H3,(H,28,30)/t18-,19+/m0/s1. The van der Waals surface area contributed by atoms with Crippen LogP contribution in [0.25, 0.3) is 0 Å². The molecule has 1 saturated heterocycles. The van der Waals surface area contributed by atoms with Crippen molar-refractivity contribution in [1.82, 2.24) is 10.2 Å². The Bertz CT molecular complexity index is 1050. The van der Waals surface area contributed by atoms with Crippen molar-refractivity contribution in [2.75, 3.05) is 19.9 Å². The van der Waals surface area contributed by atoms with Gasteiger partial charge in [-0.2, -0.15) is 13.2 Å². The topological polar surface area (TPSA) is 67.9 Å². The van der Waals surface area contributed by atoms with E-state index in [1.807, 2.05) is 0 Å². The summed E-state index contributed by atoms with van der Waals surface area (Å²) < 4.78 is 50.4. The normalized spacial score (nSPS) is 19.8. The molecule has 1 fully saturated rings. The van der Waals surface area contributed by atoms with E-state index in [2.05, 4.69) is 5.32 Å². The maximum Gasteiger partial charge on any atom is 0.416 e. The number of carbonyl (C=O) groups is 2. The van der Waals surface area contributed by atoms with Crippen LogP contribution in [0, 0.1) is 11.8 Å². The van der Waals surface area contributed by atoms with Crippen molar-refractivity contribution in [3.63, 3.8) is 0 Å². The van der Waals surface area contributed by atoms with Crippen LogP contribution in [0.2, 0.25) is 0 Å². The molecule has 2 heterocycles. The third-order valence-electron chi connectivity index (χ3n) is 6.01. The van der Waals surface area contributed by atoms with E-state index in [0.717, 1.165) is 17.7 Å². The first-order chi connectivity index (χ1) is 15.6. The molecular formula is C24H25F3N2O4. The molecule has 4 rings (SSSR count). The summed E-state index contributed by atoms with van der Waals surface area (Å²) in [5.74, 6) is -0.682. The van der Waals surface area contributed by atoms with E-state index in [9.17, 15) is 22.8 Å². The number of rotatable bonds is 5. The largest absolute Gasteiger partial charge is 0.454 e. The van der Waals surface area contributed by atoms with Crippen LogP contribution in [-0.2, 0) is 22.3 Å². The van der Waals surface area contributed by atoms with Crippen LogP contribution in [0.3, 0.4) is 0 Å². The molecule has 6 nitrogen and oxygen atoms in total. The first-order valence-corrected chi connectivity index (χ1v) is 10.8. The second kappa shape index (κ2) is 8.96. The molecule has 0 saturated carbocycles. The van der Waals surface area contributed by atoms with Gasteiger partial charge in [0.1, 0.15) is 0 Å². The molecule has 2 atom stereocenters. The summed E-state index contributed by atoms with van der Waals surface area (Å²) in [6.45, 7) is 4.24. The summed E-state index contributed by atoms with van der Waals surface area (Å²) in [7, 11) is 0. The van der Waals surface area contributed by atoms with Gasteiger partial charge in [0.2, 0.25) is 18.6 Å². The summed E-state index contributed by atoms with van der Waals surface area (Å²) in [5.41, 5.74) is 0.427. The molecule has 0 radical (unpaired) electrons. The summed E-state index contributed by atoms with van der Waals surface area (Å²) in [6, 6.07) is 10.3. The van der Waals surface area contributed by atoms with Crippen molar-refractivity contribution in [1.29, 1.82) is 0 Å². The Morgan fingerprint density at radius 3 is 2.58 bits per heavy atom. The van der Waals surface area contributed by atoms with E-state index in [0.29, 0.717) is 17.1 Å². The highest BCUT2D eigenvalue weighted by Crippen LogP contribution is 2.37. The molecular weight excluding hydrogens is 437 g/mol. The Morgan fingerprint density at radius 1 is 1.09 bits per heavy atom. The van der Waals surface area contributed by atoms with E-state index in [1.54, 1.807) is 43.0 Å². The smallest absolute Gasteiger partial charge is 0.416 e. The number of amides is 2. The SMILES string of the molecule is CC(C)C(=O)N1C[C@@H](C(=O)NCc2ccc3c(c2)OCO3)[C@H](c2cccc(C(F)(F)F)c2)C1. The number of alkyl halides is 3. The number of carbonyl (C=O) groups excluding carboxylic acids is 2. The Labute approximate surface area is 189 Å². The lowest BCUT2D eigenvalue weighted by atomic mass is 9.87. The van der Waals surface area contributed by atoms with Crippen molar-refractivity contribution in [3.05, 3.63) is 59.2 Å². The number of hydrogen-bond donors (Lipinski definition) is 1. The molecule has 0 spiro atoms.